The van der Waals surface area contributed by atoms with Crippen molar-refractivity contribution in [1.29, 1.82) is 0 Å². The standard InChI is InChI=1S/C65H45F6NO12S4/c1-41-8-27-54(28-9-41)86(75,76)56-31-23-51(24-32-56)81-49-19-15-47(16-20-49)63(64(66,67)68,65(69,70)71)48-17-21-50(22-18-48)82-52-25-33-57(34-26-52)87(77,78)55-29-12-43(13-30-55)44-14-35-59(61(39-44)88(79,80)58-7-4-36-72-40-58)45-11-10-42(2)60(38-45)62(73)46-5-3-6-53(37-46)85-84-83-74/h3-40,74H,1-2H3. The molecular weight excluding hydrogens is 1230 g/mol. The number of alkyl halides is 6. The maximum atomic E-state index is 15.1. The van der Waals surface area contributed by atoms with E-state index >= 15 is 26.3 Å². The highest BCUT2D eigenvalue weighted by Crippen LogP contribution is 2.56. The van der Waals surface area contributed by atoms with Crippen LogP contribution in [-0.4, -0.2) is 53.6 Å². The van der Waals surface area contributed by atoms with E-state index in [0.717, 1.165) is 29.8 Å². The van der Waals surface area contributed by atoms with E-state index in [2.05, 4.69) is 14.4 Å². The normalized spacial score (nSPS) is 12.4. The van der Waals surface area contributed by atoms with Gasteiger partial charge in [0.25, 0.3) is 0 Å². The van der Waals surface area contributed by atoms with Gasteiger partial charge in [0.05, 0.1) is 41.4 Å². The van der Waals surface area contributed by atoms with E-state index in [1.165, 1.54) is 122 Å². The smallest absolute Gasteiger partial charge is 0.411 e. The molecule has 0 bridgehead atoms. The zero-order chi connectivity index (χ0) is 62.8. The summed E-state index contributed by atoms with van der Waals surface area (Å²) in [6.07, 6.45) is -9.24. The van der Waals surface area contributed by atoms with Crippen LogP contribution in [0, 0.1) is 13.8 Å². The quantitative estimate of drug-likeness (QED) is 0.0264. The molecule has 23 heteroatoms. The number of aryl methyl sites for hydroxylation is 2. The van der Waals surface area contributed by atoms with Gasteiger partial charge in [-0.05, 0) is 181 Å². The third-order valence-electron chi connectivity index (χ3n) is 14.3. The van der Waals surface area contributed by atoms with Gasteiger partial charge < -0.3 is 9.47 Å². The molecule has 10 aromatic rings. The maximum Gasteiger partial charge on any atom is 0.411 e. The van der Waals surface area contributed by atoms with Crippen LogP contribution in [0.15, 0.2) is 265 Å². The van der Waals surface area contributed by atoms with Crippen LogP contribution in [0.4, 0.5) is 26.3 Å². The van der Waals surface area contributed by atoms with Crippen LogP contribution in [0.25, 0.3) is 22.3 Å². The van der Waals surface area contributed by atoms with Gasteiger partial charge in [0.15, 0.2) is 5.78 Å². The van der Waals surface area contributed by atoms with Crippen molar-refractivity contribution in [1.82, 2.24) is 4.98 Å². The predicted octanol–water partition coefficient (Wildman–Crippen LogP) is 16.2. The van der Waals surface area contributed by atoms with Crippen LogP contribution in [0.1, 0.15) is 38.2 Å². The summed E-state index contributed by atoms with van der Waals surface area (Å²) in [4.78, 5) is 17.7. The van der Waals surface area contributed by atoms with Crippen LogP contribution in [-0.2, 0) is 44.3 Å². The number of sulfone groups is 3. The number of benzene rings is 9. The van der Waals surface area contributed by atoms with Crippen LogP contribution >= 0.6 is 12.0 Å². The summed E-state index contributed by atoms with van der Waals surface area (Å²) in [5.41, 5.74) is -3.45. The summed E-state index contributed by atoms with van der Waals surface area (Å²) in [6, 6.07) is 46.9. The first-order chi connectivity index (χ1) is 41.8. The Morgan fingerprint density at radius 1 is 0.477 bits per heavy atom. The Morgan fingerprint density at radius 3 is 1.42 bits per heavy atom. The number of aromatic nitrogens is 1. The molecule has 88 heavy (non-hydrogen) atoms. The predicted molar refractivity (Wildman–Crippen MR) is 313 cm³/mol. The molecule has 0 radical (unpaired) electrons. The first-order valence-electron chi connectivity index (χ1n) is 26.1. The molecule has 0 atom stereocenters. The number of hydrogen-bond donors (Lipinski definition) is 1. The van der Waals surface area contributed by atoms with E-state index in [1.807, 2.05) is 0 Å². The number of carbonyl (C=O) groups is 1. The molecule has 1 heterocycles. The number of rotatable bonds is 19. The number of nitrogens with zero attached hydrogens (tertiary/aromatic N) is 1. The molecule has 0 unspecified atom stereocenters. The SMILES string of the molecule is Cc1ccc(S(=O)(=O)c2ccc(Oc3ccc(C(c4ccc(Oc5ccc(S(=O)(=O)c6ccc(-c7ccc(-c8ccc(C)c(C(=O)c9cccc(SOOO)c9)c8)c(S(=O)(=O)c8cccnc8)c7)cc6)cc5)cc4)(C(F)(F)F)C(F)(F)F)cc3)cc2)cc1. The Bertz CT molecular complexity index is 4540. The fourth-order valence-corrected chi connectivity index (χ4v) is 14.1. The van der Waals surface area contributed by atoms with Crippen molar-refractivity contribution in [3.8, 4) is 45.3 Å². The van der Waals surface area contributed by atoms with Crippen molar-refractivity contribution in [3.05, 3.63) is 264 Å². The van der Waals surface area contributed by atoms with Crippen molar-refractivity contribution in [2.45, 2.75) is 65.9 Å². The fraction of sp³-hybridized carbons (Fsp3) is 0.0769. The molecule has 1 N–H and O–H groups in total. The van der Waals surface area contributed by atoms with Gasteiger partial charge in [-0.2, -0.15) is 26.3 Å². The molecule has 0 aliphatic rings. The molecule has 0 aliphatic carbocycles. The molecule has 9 aromatic carbocycles. The van der Waals surface area contributed by atoms with Gasteiger partial charge in [0, 0.05) is 34.0 Å². The van der Waals surface area contributed by atoms with Crippen molar-refractivity contribution < 1.29 is 80.5 Å². The Labute approximate surface area is 505 Å². The van der Waals surface area contributed by atoms with E-state index < -0.39 is 58.4 Å². The minimum atomic E-state index is -5.93. The Morgan fingerprint density at radius 2 is 0.943 bits per heavy atom. The van der Waals surface area contributed by atoms with Crippen LogP contribution in [0.5, 0.6) is 23.0 Å². The number of pyridine rings is 1. The second kappa shape index (κ2) is 24.7. The molecule has 0 spiro atoms. The fourth-order valence-electron chi connectivity index (χ4n) is 9.72. The Kier molecular flexibility index (Phi) is 17.4. The molecule has 10 rings (SSSR count). The highest BCUT2D eigenvalue weighted by molar-refractivity contribution is 7.94. The first kappa shape index (κ1) is 62.1. The van der Waals surface area contributed by atoms with Gasteiger partial charge in [-0.25, -0.2) is 30.5 Å². The van der Waals surface area contributed by atoms with Gasteiger partial charge in [0.2, 0.25) is 34.9 Å². The number of ketones is 1. The molecule has 0 aliphatic heterocycles. The minimum Gasteiger partial charge on any atom is -0.457 e. The Balaban J connectivity index is 0.856. The van der Waals surface area contributed by atoms with Crippen LogP contribution in [0.2, 0.25) is 0 Å². The average Bonchev–Trinajstić information content (AvgIpc) is 0.932. The largest absolute Gasteiger partial charge is 0.457 e. The second-order valence-electron chi connectivity index (χ2n) is 19.8. The average molecular weight is 1270 g/mol. The highest BCUT2D eigenvalue weighted by atomic mass is 32.2. The zero-order valence-electron chi connectivity index (χ0n) is 45.7. The Hall–Kier alpha value is -8.94. The summed E-state index contributed by atoms with van der Waals surface area (Å²) in [5.74, 6) is -0.666. The van der Waals surface area contributed by atoms with Crippen molar-refractivity contribution in [2.75, 3.05) is 0 Å². The number of halogens is 6. The lowest BCUT2D eigenvalue weighted by molar-refractivity contribution is -0.432. The van der Waals surface area contributed by atoms with Crippen LogP contribution in [0.3, 0.4) is 0 Å². The van der Waals surface area contributed by atoms with Gasteiger partial charge >= 0.3 is 12.4 Å². The molecule has 0 saturated carbocycles. The van der Waals surface area contributed by atoms with Crippen molar-refractivity contribution >= 4 is 47.3 Å². The molecule has 13 nitrogen and oxygen atoms in total. The second-order valence-corrected chi connectivity index (χ2v) is 26.4. The molecule has 1 aromatic heterocycles. The summed E-state index contributed by atoms with van der Waals surface area (Å²) in [7, 11) is -12.4. The lowest BCUT2D eigenvalue weighted by Crippen LogP contribution is -2.54. The number of ether oxygens (including phenoxy) is 2. The minimum absolute atomic E-state index is 0.0160. The van der Waals surface area contributed by atoms with Crippen LogP contribution < -0.4 is 9.47 Å². The highest BCUT2D eigenvalue weighted by Gasteiger charge is 2.72. The molecular formula is C65H45F6NO12S4. The molecule has 448 valence electrons. The third-order valence-corrected chi connectivity index (χ3v) is 20.2. The van der Waals surface area contributed by atoms with E-state index in [1.54, 1.807) is 74.5 Å². The first-order valence-corrected chi connectivity index (χ1v) is 31.3. The van der Waals surface area contributed by atoms with Gasteiger partial charge in [-0.3, -0.25) is 9.78 Å². The monoisotopic (exact) mass is 1270 g/mol. The van der Waals surface area contributed by atoms with E-state index in [-0.39, 0.29) is 74.8 Å². The maximum absolute atomic E-state index is 15.1. The number of carbonyl (C=O) groups excluding carboxylic acids is 1. The summed E-state index contributed by atoms with van der Waals surface area (Å²) in [5, 5.41) is 12.3. The third kappa shape index (κ3) is 12.5. The molecule has 0 fully saturated rings. The lowest BCUT2D eigenvalue weighted by Gasteiger charge is -2.38. The lowest BCUT2D eigenvalue weighted by atomic mass is 9.73. The van der Waals surface area contributed by atoms with E-state index in [9.17, 15) is 30.0 Å². The number of hydrogen-bond acceptors (Lipinski definition) is 14. The summed E-state index contributed by atoms with van der Waals surface area (Å²) < 4.78 is 190. The van der Waals surface area contributed by atoms with E-state index in [4.69, 9.17) is 14.7 Å². The summed E-state index contributed by atoms with van der Waals surface area (Å²) in [6.45, 7) is 3.53. The van der Waals surface area contributed by atoms with Crippen molar-refractivity contribution in [3.63, 3.8) is 0 Å². The molecule has 0 amide bonds. The van der Waals surface area contributed by atoms with Gasteiger partial charge in [0.1, 0.15) is 23.0 Å². The molecule has 0 saturated heterocycles. The van der Waals surface area contributed by atoms with E-state index in [0.29, 0.717) is 63.5 Å². The summed E-state index contributed by atoms with van der Waals surface area (Å²) >= 11 is 0.674. The van der Waals surface area contributed by atoms with Gasteiger partial charge in [-0.1, -0.05) is 95.5 Å². The van der Waals surface area contributed by atoms with Crippen molar-refractivity contribution in [2.24, 2.45) is 0 Å². The topological polar surface area (TPSA) is 190 Å². The van der Waals surface area contributed by atoms with Gasteiger partial charge in [-0.15, -0.1) is 4.33 Å². The zero-order valence-corrected chi connectivity index (χ0v) is 49.0.